The lowest BCUT2D eigenvalue weighted by molar-refractivity contribution is -0.135. The van der Waals surface area contributed by atoms with Crippen LogP contribution < -0.4 is 15.5 Å². The van der Waals surface area contributed by atoms with E-state index in [1.807, 2.05) is 24.3 Å². The monoisotopic (exact) mass is 483 g/mol. The van der Waals surface area contributed by atoms with Crippen molar-refractivity contribution >= 4 is 22.7 Å². The fourth-order valence-corrected chi connectivity index (χ4v) is 4.68. The standard InChI is InChI=1S/C25H23F2N3O5/c1-13-12-35-23-20(27)18(26)8-16-21(23)30(13)10-17(22(16)32)24(33)28-19(11-31)25(34)29-7-6-14-4-2-3-5-15(14)9-29/h2-5,8,10,13,19,31H,6-7,9,11-12H2,1H3,(H,28,33). The van der Waals surface area contributed by atoms with Crippen LogP contribution in [0.3, 0.4) is 0 Å². The molecule has 0 fully saturated rings. The highest BCUT2D eigenvalue weighted by Crippen LogP contribution is 2.35. The summed E-state index contributed by atoms with van der Waals surface area (Å²) in [5.74, 6) is -4.22. The minimum atomic E-state index is -1.27. The molecule has 0 radical (unpaired) electrons. The molecule has 0 aliphatic carbocycles. The number of amides is 2. The molecule has 2 aliphatic rings. The van der Waals surface area contributed by atoms with Gasteiger partial charge in [-0.25, -0.2) is 4.39 Å². The van der Waals surface area contributed by atoms with Gasteiger partial charge >= 0.3 is 0 Å². The number of fused-ring (bicyclic) bond motifs is 1. The molecule has 2 unspecified atom stereocenters. The Balaban J connectivity index is 1.45. The van der Waals surface area contributed by atoms with Crippen LogP contribution in [-0.2, 0) is 17.8 Å². The van der Waals surface area contributed by atoms with E-state index in [0.717, 1.165) is 17.2 Å². The molecule has 8 nitrogen and oxygen atoms in total. The van der Waals surface area contributed by atoms with Gasteiger partial charge in [-0.2, -0.15) is 4.39 Å². The van der Waals surface area contributed by atoms with Crippen molar-refractivity contribution in [3.63, 3.8) is 0 Å². The largest absolute Gasteiger partial charge is 0.486 e. The number of aliphatic hydroxyl groups is 1. The average Bonchev–Trinajstić information content (AvgIpc) is 2.87. The van der Waals surface area contributed by atoms with Gasteiger partial charge in [0.15, 0.2) is 11.6 Å². The molecular formula is C25H23F2N3O5. The van der Waals surface area contributed by atoms with E-state index >= 15 is 0 Å². The van der Waals surface area contributed by atoms with Crippen molar-refractivity contribution in [2.75, 3.05) is 19.8 Å². The van der Waals surface area contributed by atoms with Gasteiger partial charge in [-0.15, -0.1) is 0 Å². The van der Waals surface area contributed by atoms with E-state index < -0.39 is 41.5 Å². The molecule has 35 heavy (non-hydrogen) atoms. The summed E-state index contributed by atoms with van der Waals surface area (Å²) in [5, 5.41) is 12.1. The summed E-state index contributed by atoms with van der Waals surface area (Å²) in [6.45, 7) is 1.86. The molecular weight excluding hydrogens is 460 g/mol. The quantitative estimate of drug-likeness (QED) is 0.591. The molecule has 2 aliphatic heterocycles. The smallest absolute Gasteiger partial charge is 0.257 e. The second-order valence-electron chi connectivity index (χ2n) is 8.82. The maximum Gasteiger partial charge on any atom is 0.257 e. The van der Waals surface area contributed by atoms with Crippen LogP contribution in [0.5, 0.6) is 5.75 Å². The molecule has 182 valence electrons. The normalized spacial score (nSPS) is 17.5. The second kappa shape index (κ2) is 8.77. The Morgan fingerprint density at radius 1 is 1.26 bits per heavy atom. The van der Waals surface area contributed by atoms with E-state index in [0.29, 0.717) is 19.5 Å². The summed E-state index contributed by atoms with van der Waals surface area (Å²) in [6.07, 6.45) is 1.90. The van der Waals surface area contributed by atoms with Crippen LogP contribution in [-0.4, -0.2) is 52.2 Å². The Labute approximate surface area is 198 Å². The van der Waals surface area contributed by atoms with Crippen LogP contribution in [0.2, 0.25) is 0 Å². The maximum absolute atomic E-state index is 14.3. The average molecular weight is 483 g/mol. The number of halogens is 2. The molecule has 3 aromatic rings. The number of aliphatic hydroxyl groups excluding tert-OH is 1. The summed E-state index contributed by atoms with van der Waals surface area (Å²) < 4.78 is 35.2. The fourth-order valence-electron chi connectivity index (χ4n) is 4.68. The van der Waals surface area contributed by atoms with Crippen molar-refractivity contribution in [1.29, 1.82) is 0 Å². The van der Waals surface area contributed by atoms with E-state index in [4.69, 9.17) is 4.74 Å². The zero-order valence-corrected chi connectivity index (χ0v) is 18.9. The number of carbonyl (C=O) groups excluding carboxylic acids is 2. The molecule has 0 saturated heterocycles. The number of hydrogen-bond acceptors (Lipinski definition) is 5. The summed E-state index contributed by atoms with van der Waals surface area (Å²) >= 11 is 0. The zero-order chi connectivity index (χ0) is 24.9. The molecule has 0 saturated carbocycles. The van der Waals surface area contributed by atoms with Gasteiger partial charge in [-0.3, -0.25) is 14.4 Å². The Morgan fingerprint density at radius 2 is 2.00 bits per heavy atom. The molecule has 2 N–H and O–H groups in total. The lowest BCUT2D eigenvalue weighted by Crippen LogP contribution is -2.52. The van der Waals surface area contributed by atoms with Crippen molar-refractivity contribution in [1.82, 2.24) is 14.8 Å². The number of carbonyl (C=O) groups is 2. The van der Waals surface area contributed by atoms with Gasteiger partial charge in [0.1, 0.15) is 18.2 Å². The van der Waals surface area contributed by atoms with Crippen molar-refractivity contribution in [2.24, 2.45) is 0 Å². The summed E-state index contributed by atoms with van der Waals surface area (Å²) in [4.78, 5) is 40.8. The van der Waals surface area contributed by atoms with Crippen molar-refractivity contribution in [3.05, 3.63) is 75.1 Å². The highest BCUT2D eigenvalue weighted by molar-refractivity contribution is 6.00. The van der Waals surface area contributed by atoms with Crippen LogP contribution in [0.15, 0.2) is 41.3 Å². The molecule has 0 spiro atoms. The first-order valence-corrected chi connectivity index (χ1v) is 11.3. The minimum Gasteiger partial charge on any atom is -0.486 e. The van der Waals surface area contributed by atoms with Gasteiger partial charge in [0.2, 0.25) is 17.2 Å². The third-order valence-corrected chi connectivity index (χ3v) is 6.58. The third-order valence-electron chi connectivity index (χ3n) is 6.58. The van der Waals surface area contributed by atoms with Crippen molar-refractivity contribution < 1.29 is 28.2 Å². The Kier molecular flexibility index (Phi) is 5.76. The molecule has 2 amide bonds. The summed E-state index contributed by atoms with van der Waals surface area (Å²) in [7, 11) is 0. The lowest BCUT2D eigenvalue weighted by atomic mass is 9.99. The number of nitrogens with zero attached hydrogens (tertiary/aromatic N) is 2. The zero-order valence-electron chi connectivity index (χ0n) is 18.9. The Bertz CT molecular complexity index is 1420. The van der Waals surface area contributed by atoms with Gasteiger partial charge < -0.3 is 24.6 Å². The number of pyridine rings is 1. The molecule has 0 bridgehead atoms. The Morgan fingerprint density at radius 3 is 2.74 bits per heavy atom. The van der Waals surface area contributed by atoms with E-state index in [-0.39, 0.29) is 34.9 Å². The number of benzene rings is 2. The SMILES string of the molecule is CC1COc2c(F)c(F)cc3c(=O)c(C(=O)NC(CO)C(=O)N4CCc5ccccc5C4)cn1c23. The van der Waals surface area contributed by atoms with Gasteiger partial charge in [0.05, 0.1) is 23.6 Å². The topological polar surface area (TPSA) is 101 Å². The van der Waals surface area contributed by atoms with Crippen LogP contribution in [0.4, 0.5) is 8.78 Å². The highest BCUT2D eigenvalue weighted by atomic mass is 19.2. The molecule has 2 atom stereocenters. The van der Waals surface area contributed by atoms with Gasteiger partial charge in [0.25, 0.3) is 5.91 Å². The summed E-state index contributed by atoms with van der Waals surface area (Å²) in [5.41, 5.74) is 1.01. The summed E-state index contributed by atoms with van der Waals surface area (Å²) in [6, 6.07) is 6.82. The van der Waals surface area contributed by atoms with E-state index in [9.17, 15) is 28.3 Å². The molecule has 3 heterocycles. The number of hydrogen-bond donors (Lipinski definition) is 2. The predicted molar refractivity (Wildman–Crippen MR) is 122 cm³/mol. The third kappa shape index (κ3) is 3.83. The molecule has 2 aromatic carbocycles. The molecule has 10 heteroatoms. The number of nitrogens with one attached hydrogen (secondary N) is 1. The number of ether oxygens (including phenoxy) is 1. The first kappa shape index (κ1) is 23.0. The van der Waals surface area contributed by atoms with E-state index in [2.05, 4.69) is 5.32 Å². The minimum absolute atomic E-state index is 0.0145. The lowest BCUT2D eigenvalue weighted by Gasteiger charge is -2.31. The van der Waals surface area contributed by atoms with E-state index in [1.54, 1.807) is 11.8 Å². The predicted octanol–water partition coefficient (Wildman–Crippen LogP) is 1.91. The van der Waals surface area contributed by atoms with Crippen molar-refractivity contribution in [3.8, 4) is 5.75 Å². The first-order valence-electron chi connectivity index (χ1n) is 11.3. The van der Waals surface area contributed by atoms with Gasteiger partial charge in [-0.05, 0) is 30.5 Å². The van der Waals surface area contributed by atoms with Crippen LogP contribution in [0.25, 0.3) is 10.9 Å². The second-order valence-corrected chi connectivity index (χ2v) is 8.82. The molecule has 1 aromatic heterocycles. The van der Waals surface area contributed by atoms with Gasteiger partial charge in [-0.1, -0.05) is 24.3 Å². The number of rotatable bonds is 4. The molecule has 5 rings (SSSR count). The van der Waals surface area contributed by atoms with Crippen LogP contribution >= 0.6 is 0 Å². The van der Waals surface area contributed by atoms with Crippen LogP contribution in [0.1, 0.15) is 34.5 Å². The van der Waals surface area contributed by atoms with Crippen molar-refractivity contribution in [2.45, 2.75) is 32.0 Å². The maximum atomic E-state index is 14.3. The Hall–Kier alpha value is -3.79. The van der Waals surface area contributed by atoms with Gasteiger partial charge in [0, 0.05) is 19.3 Å². The van der Waals surface area contributed by atoms with E-state index in [1.165, 1.54) is 10.8 Å². The highest BCUT2D eigenvalue weighted by Gasteiger charge is 2.31. The van der Waals surface area contributed by atoms with Crippen LogP contribution in [0, 0.1) is 11.6 Å². The fraction of sp³-hybridized carbons (Fsp3) is 0.320. The number of aromatic nitrogens is 1. The first-order chi connectivity index (χ1) is 16.8.